The smallest absolute Gasteiger partial charge is 0.220 e. The second kappa shape index (κ2) is 8.35. The number of fused-ring (bicyclic) bond motifs is 1. The van der Waals surface area contributed by atoms with Gasteiger partial charge in [-0.3, -0.25) is 4.79 Å². The summed E-state index contributed by atoms with van der Waals surface area (Å²) in [6, 6.07) is 14.7. The fraction of sp³-hybridized carbons (Fsp3) is 0.182. The molecule has 1 amide bonds. The zero-order chi connectivity index (χ0) is 19.3. The maximum absolute atomic E-state index is 13.8. The highest BCUT2D eigenvalue weighted by Crippen LogP contribution is 2.26. The third-order valence-electron chi connectivity index (χ3n) is 4.54. The normalized spacial score (nSPS) is 11.0. The van der Waals surface area contributed by atoms with Gasteiger partial charge in [0.2, 0.25) is 5.91 Å². The molecule has 0 fully saturated rings. The van der Waals surface area contributed by atoms with Gasteiger partial charge in [0.15, 0.2) is 11.7 Å². The van der Waals surface area contributed by atoms with Crippen molar-refractivity contribution >= 4 is 27.3 Å². The predicted molar refractivity (Wildman–Crippen MR) is 109 cm³/mol. The van der Waals surface area contributed by atoms with E-state index in [-0.39, 0.29) is 18.1 Å². The maximum Gasteiger partial charge on any atom is 0.220 e. The molecule has 0 aliphatic carbocycles. The zero-order valence-corrected chi connectivity index (χ0v) is 16.0. The number of nitrogens with one attached hydrogen (secondary N) is 1. The fourth-order valence-corrected chi connectivity index (χ4v) is 4.08. The summed E-state index contributed by atoms with van der Waals surface area (Å²) in [5.74, 6) is 0.393. The summed E-state index contributed by atoms with van der Waals surface area (Å²) < 4.78 is 20.6. The monoisotopic (exact) mass is 394 g/mol. The number of carbonyl (C=O) groups excluding carboxylic acids is 1. The number of hydrogen-bond donors (Lipinski definition) is 1. The van der Waals surface area contributed by atoms with Crippen LogP contribution in [0.3, 0.4) is 0 Å². The van der Waals surface area contributed by atoms with Gasteiger partial charge < -0.3 is 9.73 Å². The molecule has 0 saturated heterocycles. The summed E-state index contributed by atoms with van der Waals surface area (Å²) in [5.41, 5.74) is 1.62. The van der Waals surface area contributed by atoms with Gasteiger partial charge in [-0.15, -0.1) is 11.3 Å². The van der Waals surface area contributed by atoms with E-state index in [1.165, 1.54) is 27.9 Å². The van der Waals surface area contributed by atoms with Gasteiger partial charge in [0, 0.05) is 24.1 Å². The van der Waals surface area contributed by atoms with Crippen molar-refractivity contribution < 1.29 is 13.6 Å². The van der Waals surface area contributed by atoms with Gasteiger partial charge in [-0.1, -0.05) is 30.3 Å². The van der Waals surface area contributed by atoms with Crippen LogP contribution < -0.4 is 5.32 Å². The van der Waals surface area contributed by atoms with Crippen LogP contribution in [0.2, 0.25) is 0 Å². The molecule has 2 heterocycles. The number of aryl methyl sites for hydroxylation is 1. The molecule has 0 aliphatic heterocycles. The van der Waals surface area contributed by atoms with Crippen LogP contribution in [-0.2, 0) is 17.6 Å². The molecular formula is C22H19FN2O2S. The first-order valence-electron chi connectivity index (χ1n) is 9.12. The lowest BCUT2D eigenvalue weighted by Crippen LogP contribution is -2.25. The minimum Gasteiger partial charge on any atom is -0.441 e. The Kier molecular flexibility index (Phi) is 5.48. The Morgan fingerprint density at radius 2 is 1.93 bits per heavy atom. The first-order valence-corrected chi connectivity index (χ1v) is 10.00. The van der Waals surface area contributed by atoms with E-state index < -0.39 is 0 Å². The molecule has 4 rings (SSSR count). The molecule has 28 heavy (non-hydrogen) atoms. The third-order valence-corrected chi connectivity index (χ3v) is 5.55. The summed E-state index contributed by atoms with van der Waals surface area (Å²) in [4.78, 5) is 16.3. The number of nitrogens with zero attached hydrogens (tertiary/aromatic N) is 1. The molecule has 4 nitrogen and oxygen atoms in total. The number of halogens is 1. The molecule has 2 aromatic heterocycles. The number of oxazole rings is 1. The predicted octanol–water partition coefficient (Wildman–Crippen LogP) is 4.99. The number of carbonyl (C=O) groups is 1. The minimum absolute atomic E-state index is 0.0508. The molecule has 0 aliphatic rings. The standard InChI is InChI=1S/C22H19FN2O2S/c23-18-7-3-1-6-17(18)19-13-25-22(27-19)10-9-21(26)24-12-11-15-14-28-20-8-4-2-5-16(15)20/h1-8,13-14H,9-12H2,(H,24,26). The second-order valence-electron chi connectivity index (χ2n) is 6.46. The number of amides is 1. The molecule has 0 spiro atoms. The second-order valence-corrected chi connectivity index (χ2v) is 7.37. The van der Waals surface area contributed by atoms with Crippen molar-refractivity contribution in [2.75, 3.05) is 6.54 Å². The Bertz CT molecular complexity index is 1100. The van der Waals surface area contributed by atoms with E-state index >= 15 is 0 Å². The Balaban J connectivity index is 1.26. The van der Waals surface area contributed by atoms with Crippen LogP contribution in [0.4, 0.5) is 4.39 Å². The van der Waals surface area contributed by atoms with Crippen LogP contribution in [0.15, 0.2) is 64.5 Å². The van der Waals surface area contributed by atoms with Crippen LogP contribution in [0.1, 0.15) is 17.9 Å². The third kappa shape index (κ3) is 4.12. The van der Waals surface area contributed by atoms with Gasteiger partial charge >= 0.3 is 0 Å². The zero-order valence-electron chi connectivity index (χ0n) is 15.2. The summed E-state index contributed by atoms with van der Waals surface area (Å²) in [6.07, 6.45) is 2.95. The molecule has 142 valence electrons. The van der Waals surface area contributed by atoms with E-state index in [1.54, 1.807) is 29.5 Å². The number of thiophene rings is 1. The highest BCUT2D eigenvalue weighted by molar-refractivity contribution is 7.17. The summed E-state index contributed by atoms with van der Waals surface area (Å²) in [7, 11) is 0. The van der Waals surface area contributed by atoms with E-state index in [1.807, 2.05) is 12.1 Å². The summed E-state index contributed by atoms with van der Waals surface area (Å²) in [6.45, 7) is 0.589. The van der Waals surface area contributed by atoms with Crippen molar-refractivity contribution in [3.05, 3.63) is 77.4 Å². The van der Waals surface area contributed by atoms with Crippen LogP contribution in [0.25, 0.3) is 21.4 Å². The largest absolute Gasteiger partial charge is 0.441 e. The van der Waals surface area contributed by atoms with Gasteiger partial charge in [0.25, 0.3) is 0 Å². The number of hydrogen-bond acceptors (Lipinski definition) is 4. The van der Waals surface area contributed by atoms with Gasteiger partial charge in [-0.2, -0.15) is 0 Å². The molecule has 0 saturated carbocycles. The highest BCUT2D eigenvalue weighted by atomic mass is 32.1. The van der Waals surface area contributed by atoms with Crippen LogP contribution in [0, 0.1) is 5.82 Å². The van der Waals surface area contributed by atoms with E-state index in [0.717, 1.165) is 6.42 Å². The van der Waals surface area contributed by atoms with E-state index in [4.69, 9.17) is 4.42 Å². The summed E-state index contributed by atoms with van der Waals surface area (Å²) in [5, 5.41) is 6.34. The van der Waals surface area contributed by atoms with Crippen molar-refractivity contribution in [1.82, 2.24) is 10.3 Å². The molecule has 1 N–H and O–H groups in total. The minimum atomic E-state index is -0.358. The van der Waals surface area contributed by atoms with E-state index in [0.29, 0.717) is 30.2 Å². The highest BCUT2D eigenvalue weighted by Gasteiger charge is 2.12. The molecular weight excluding hydrogens is 375 g/mol. The lowest BCUT2D eigenvalue weighted by molar-refractivity contribution is -0.121. The fourth-order valence-electron chi connectivity index (χ4n) is 3.08. The summed E-state index contributed by atoms with van der Waals surface area (Å²) >= 11 is 1.72. The average molecular weight is 394 g/mol. The van der Waals surface area contributed by atoms with Crippen molar-refractivity contribution in [1.29, 1.82) is 0 Å². The molecule has 0 radical (unpaired) electrons. The van der Waals surface area contributed by atoms with Gasteiger partial charge in [0.05, 0.1) is 11.8 Å². The van der Waals surface area contributed by atoms with Crippen LogP contribution >= 0.6 is 11.3 Å². The Morgan fingerprint density at radius 1 is 1.11 bits per heavy atom. The average Bonchev–Trinajstić information content (AvgIpc) is 3.34. The van der Waals surface area contributed by atoms with Gasteiger partial charge in [0.1, 0.15) is 5.82 Å². The molecule has 0 atom stereocenters. The maximum atomic E-state index is 13.8. The molecule has 0 bridgehead atoms. The van der Waals surface area contributed by atoms with Crippen molar-refractivity contribution in [2.24, 2.45) is 0 Å². The molecule has 4 aromatic rings. The number of benzene rings is 2. The number of aromatic nitrogens is 1. The van der Waals surface area contributed by atoms with Crippen molar-refractivity contribution in [3.8, 4) is 11.3 Å². The lowest BCUT2D eigenvalue weighted by atomic mass is 10.1. The van der Waals surface area contributed by atoms with Crippen molar-refractivity contribution in [2.45, 2.75) is 19.3 Å². The molecule has 6 heteroatoms. The Labute approximate surface area is 166 Å². The van der Waals surface area contributed by atoms with Gasteiger partial charge in [-0.25, -0.2) is 9.37 Å². The van der Waals surface area contributed by atoms with Crippen molar-refractivity contribution in [3.63, 3.8) is 0 Å². The first-order chi connectivity index (χ1) is 13.7. The Morgan fingerprint density at radius 3 is 2.82 bits per heavy atom. The molecule has 0 unspecified atom stereocenters. The number of rotatable bonds is 7. The topological polar surface area (TPSA) is 55.1 Å². The van der Waals surface area contributed by atoms with E-state index in [9.17, 15) is 9.18 Å². The molecule has 2 aromatic carbocycles. The Hall–Kier alpha value is -2.99. The van der Waals surface area contributed by atoms with E-state index in [2.05, 4.69) is 27.8 Å². The van der Waals surface area contributed by atoms with Gasteiger partial charge in [-0.05, 0) is 40.9 Å². The SMILES string of the molecule is O=C(CCc1ncc(-c2ccccc2F)o1)NCCc1csc2ccccc12. The van der Waals surface area contributed by atoms with Crippen LogP contribution in [-0.4, -0.2) is 17.4 Å². The van der Waals surface area contributed by atoms with Crippen LogP contribution in [0.5, 0.6) is 0 Å². The lowest BCUT2D eigenvalue weighted by Gasteiger charge is -2.04. The quantitative estimate of drug-likeness (QED) is 0.481. The first kappa shape index (κ1) is 18.4.